The number of amides is 1. The zero-order chi connectivity index (χ0) is 14.4. The Bertz CT molecular complexity index is 447. The topological polar surface area (TPSA) is 50.4 Å². The maximum atomic E-state index is 12.0. The quantitative estimate of drug-likeness (QED) is 0.835. The Hall–Kier alpha value is -1.07. The van der Waals surface area contributed by atoms with Gasteiger partial charge in [-0.15, -0.1) is 0 Å². The van der Waals surface area contributed by atoms with Crippen LogP contribution < -0.4 is 15.4 Å². The highest BCUT2D eigenvalue weighted by Gasteiger charge is 2.17. The van der Waals surface area contributed by atoms with Crippen LogP contribution in [0.5, 0.6) is 5.75 Å². The Balaban J connectivity index is 1.73. The molecule has 20 heavy (non-hydrogen) atoms. The molecule has 1 aliphatic rings. The fourth-order valence-electron chi connectivity index (χ4n) is 2.29. The first-order valence-corrected chi connectivity index (χ1v) is 7.85. The minimum absolute atomic E-state index is 0.0632. The molecule has 1 saturated heterocycles. The van der Waals surface area contributed by atoms with Gasteiger partial charge in [0.15, 0.2) is 6.10 Å². The minimum atomic E-state index is -0.490. The zero-order valence-corrected chi connectivity index (χ0v) is 13.3. The van der Waals surface area contributed by atoms with Gasteiger partial charge in [0, 0.05) is 6.54 Å². The van der Waals surface area contributed by atoms with Crippen LogP contribution in [0.1, 0.15) is 19.8 Å². The molecule has 0 radical (unpaired) electrons. The van der Waals surface area contributed by atoms with E-state index in [1.807, 2.05) is 24.3 Å². The predicted molar refractivity (Wildman–Crippen MR) is 82.8 cm³/mol. The largest absolute Gasteiger partial charge is 0.480 e. The number of halogens is 1. The molecule has 4 nitrogen and oxygen atoms in total. The van der Waals surface area contributed by atoms with Gasteiger partial charge in [-0.3, -0.25) is 4.79 Å². The lowest BCUT2D eigenvalue weighted by molar-refractivity contribution is -0.127. The summed E-state index contributed by atoms with van der Waals surface area (Å²) in [5, 5.41) is 6.27. The molecule has 1 amide bonds. The molecule has 2 unspecified atom stereocenters. The van der Waals surface area contributed by atoms with Gasteiger partial charge in [0.05, 0.1) is 4.47 Å². The number of rotatable bonds is 6. The van der Waals surface area contributed by atoms with Crippen LogP contribution in [-0.2, 0) is 4.79 Å². The summed E-state index contributed by atoms with van der Waals surface area (Å²) in [6.45, 7) is 4.65. The van der Waals surface area contributed by atoms with Gasteiger partial charge in [-0.25, -0.2) is 0 Å². The molecular weight excluding hydrogens is 320 g/mol. The van der Waals surface area contributed by atoms with Crippen molar-refractivity contribution < 1.29 is 9.53 Å². The Morgan fingerprint density at radius 2 is 2.35 bits per heavy atom. The van der Waals surface area contributed by atoms with Crippen LogP contribution in [0.15, 0.2) is 28.7 Å². The summed E-state index contributed by atoms with van der Waals surface area (Å²) in [5.74, 6) is 1.32. The number of benzene rings is 1. The Kier molecular flexibility index (Phi) is 5.86. The first-order valence-electron chi connectivity index (χ1n) is 7.06. The fraction of sp³-hybridized carbons (Fsp3) is 0.533. The number of ether oxygens (including phenoxy) is 1. The second kappa shape index (κ2) is 7.64. The lowest BCUT2D eigenvalue weighted by Crippen LogP contribution is -2.37. The lowest BCUT2D eigenvalue weighted by Gasteiger charge is -2.16. The number of para-hydroxylation sites is 1. The van der Waals surface area contributed by atoms with E-state index in [-0.39, 0.29) is 5.91 Å². The average molecular weight is 341 g/mol. The number of carbonyl (C=O) groups excluding carboxylic acids is 1. The molecule has 2 rings (SSSR count). The van der Waals surface area contributed by atoms with Gasteiger partial charge in [-0.2, -0.15) is 0 Å². The molecule has 1 aliphatic heterocycles. The molecule has 1 fully saturated rings. The third-order valence-electron chi connectivity index (χ3n) is 3.52. The first kappa shape index (κ1) is 15.3. The van der Waals surface area contributed by atoms with Crippen molar-refractivity contribution in [1.82, 2.24) is 10.6 Å². The van der Waals surface area contributed by atoms with Gasteiger partial charge < -0.3 is 15.4 Å². The second-order valence-corrected chi connectivity index (χ2v) is 5.98. The predicted octanol–water partition coefficient (Wildman–Crippen LogP) is 2.33. The Labute approximate surface area is 128 Å². The SMILES string of the molecule is CC(Oc1ccccc1Br)C(=O)NCCC1CCNC1. The molecule has 0 saturated carbocycles. The van der Waals surface area contributed by atoms with Crippen LogP contribution in [0.25, 0.3) is 0 Å². The van der Waals surface area contributed by atoms with Crippen LogP contribution in [0.3, 0.4) is 0 Å². The molecule has 1 heterocycles. The number of hydrogen-bond donors (Lipinski definition) is 2. The molecular formula is C15H21BrN2O2. The first-order chi connectivity index (χ1) is 9.66. The molecule has 0 aliphatic carbocycles. The third-order valence-corrected chi connectivity index (χ3v) is 4.18. The molecule has 0 spiro atoms. The van der Waals surface area contributed by atoms with E-state index in [9.17, 15) is 4.79 Å². The van der Waals surface area contributed by atoms with Crippen LogP contribution in [0.4, 0.5) is 0 Å². The van der Waals surface area contributed by atoms with E-state index < -0.39 is 6.10 Å². The summed E-state index contributed by atoms with van der Waals surface area (Å²) < 4.78 is 6.52. The summed E-state index contributed by atoms with van der Waals surface area (Å²) in [6.07, 6.45) is 1.75. The standard InChI is InChI=1S/C15H21BrN2O2/c1-11(20-14-5-3-2-4-13(14)16)15(19)18-9-7-12-6-8-17-10-12/h2-5,11-12,17H,6-10H2,1H3,(H,18,19). The highest BCUT2D eigenvalue weighted by atomic mass is 79.9. The zero-order valence-electron chi connectivity index (χ0n) is 11.7. The summed E-state index contributed by atoms with van der Waals surface area (Å²) in [5.41, 5.74) is 0. The van der Waals surface area contributed by atoms with Crippen molar-refractivity contribution in [1.29, 1.82) is 0 Å². The number of nitrogens with one attached hydrogen (secondary N) is 2. The van der Waals surface area contributed by atoms with Crippen molar-refractivity contribution in [2.75, 3.05) is 19.6 Å². The lowest BCUT2D eigenvalue weighted by atomic mass is 10.1. The van der Waals surface area contributed by atoms with Gasteiger partial charge in [0.1, 0.15) is 5.75 Å². The minimum Gasteiger partial charge on any atom is -0.480 e. The number of hydrogen-bond acceptors (Lipinski definition) is 3. The molecule has 0 bridgehead atoms. The van der Waals surface area contributed by atoms with Crippen molar-refractivity contribution in [2.45, 2.75) is 25.9 Å². The highest BCUT2D eigenvalue weighted by molar-refractivity contribution is 9.10. The molecule has 2 N–H and O–H groups in total. The van der Waals surface area contributed by atoms with Gasteiger partial charge in [0.2, 0.25) is 0 Å². The van der Waals surface area contributed by atoms with Crippen molar-refractivity contribution in [3.8, 4) is 5.75 Å². The highest BCUT2D eigenvalue weighted by Crippen LogP contribution is 2.24. The van der Waals surface area contributed by atoms with Gasteiger partial charge in [-0.1, -0.05) is 12.1 Å². The summed E-state index contributed by atoms with van der Waals surface area (Å²) in [4.78, 5) is 12.0. The maximum absolute atomic E-state index is 12.0. The van der Waals surface area contributed by atoms with E-state index in [2.05, 4.69) is 26.6 Å². The smallest absolute Gasteiger partial charge is 0.260 e. The van der Waals surface area contributed by atoms with E-state index in [1.54, 1.807) is 6.92 Å². The Morgan fingerprint density at radius 3 is 3.05 bits per heavy atom. The molecule has 110 valence electrons. The Morgan fingerprint density at radius 1 is 1.55 bits per heavy atom. The summed E-state index contributed by atoms with van der Waals surface area (Å²) in [6, 6.07) is 7.54. The van der Waals surface area contributed by atoms with Gasteiger partial charge in [0.25, 0.3) is 5.91 Å². The molecule has 1 aromatic carbocycles. The molecule has 1 aromatic rings. The number of carbonyl (C=O) groups is 1. The van der Waals surface area contributed by atoms with Crippen LogP contribution in [0, 0.1) is 5.92 Å². The molecule has 0 aromatic heterocycles. The van der Waals surface area contributed by atoms with Crippen molar-refractivity contribution in [3.63, 3.8) is 0 Å². The van der Waals surface area contributed by atoms with Crippen LogP contribution in [-0.4, -0.2) is 31.6 Å². The average Bonchev–Trinajstić information content (AvgIpc) is 2.94. The van der Waals surface area contributed by atoms with Crippen molar-refractivity contribution in [3.05, 3.63) is 28.7 Å². The van der Waals surface area contributed by atoms with Gasteiger partial charge >= 0.3 is 0 Å². The van der Waals surface area contributed by atoms with Crippen LogP contribution >= 0.6 is 15.9 Å². The maximum Gasteiger partial charge on any atom is 0.260 e. The van der Waals surface area contributed by atoms with Gasteiger partial charge in [-0.05, 0) is 66.8 Å². The summed E-state index contributed by atoms with van der Waals surface area (Å²) in [7, 11) is 0. The van der Waals surface area contributed by atoms with Crippen molar-refractivity contribution >= 4 is 21.8 Å². The van der Waals surface area contributed by atoms with E-state index in [1.165, 1.54) is 6.42 Å². The van der Waals surface area contributed by atoms with E-state index in [0.717, 1.165) is 30.5 Å². The molecule has 5 heteroatoms. The second-order valence-electron chi connectivity index (χ2n) is 5.13. The van der Waals surface area contributed by atoms with Crippen LogP contribution in [0.2, 0.25) is 0 Å². The normalized spacial score (nSPS) is 19.6. The van der Waals surface area contributed by atoms with E-state index in [0.29, 0.717) is 11.7 Å². The van der Waals surface area contributed by atoms with E-state index in [4.69, 9.17) is 4.74 Å². The molecule has 2 atom stereocenters. The van der Waals surface area contributed by atoms with E-state index >= 15 is 0 Å². The van der Waals surface area contributed by atoms with Crippen molar-refractivity contribution in [2.24, 2.45) is 5.92 Å². The summed E-state index contributed by atoms with van der Waals surface area (Å²) >= 11 is 3.41. The monoisotopic (exact) mass is 340 g/mol. The third kappa shape index (κ3) is 4.49. The fourth-order valence-corrected chi connectivity index (χ4v) is 2.67.